The zero-order valence-electron chi connectivity index (χ0n) is 12.0. The van der Waals surface area contributed by atoms with Crippen LogP contribution in [-0.2, 0) is 0 Å². The highest BCUT2D eigenvalue weighted by atomic mass is 16.5. The molecule has 0 spiro atoms. The molecule has 104 valence electrons. The maximum Gasteiger partial charge on any atom is 0.254 e. The Balaban J connectivity index is 2.23. The normalized spacial score (nSPS) is 14.3. The summed E-state index contributed by atoms with van der Waals surface area (Å²) in [6.45, 7) is 3.83. The van der Waals surface area contributed by atoms with Gasteiger partial charge in [-0.2, -0.15) is 0 Å². The number of aromatic nitrogens is 2. The van der Waals surface area contributed by atoms with Crippen LogP contribution in [0.4, 0.5) is 0 Å². The lowest BCUT2D eigenvalue weighted by Gasteiger charge is -2.12. The highest BCUT2D eigenvalue weighted by Crippen LogP contribution is 2.39. The number of methoxy groups -OCH3 is 1. The van der Waals surface area contributed by atoms with E-state index in [1.165, 1.54) is 0 Å². The molecular formula is C16H18N2O2. The van der Waals surface area contributed by atoms with Gasteiger partial charge in [-0.05, 0) is 38.8 Å². The summed E-state index contributed by atoms with van der Waals surface area (Å²) in [6.07, 6.45) is 2.22. The molecule has 0 saturated heterocycles. The van der Waals surface area contributed by atoms with Crippen molar-refractivity contribution in [2.45, 2.75) is 32.6 Å². The number of benzene rings is 1. The molecule has 4 nitrogen and oxygen atoms in total. The van der Waals surface area contributed by atoms with Crippen molar-refractivity contribution < 1.29 is 4.74 Å². The summed E-state index contributed by atoms with van der Waals surface area (Å²) in [4.78, 5) is 19.7. The Hall–Kier alpha value is -2.10. The molecule has 3 rings (SSSR count). The summed E-state index contributed by atoms with van der Waals surface area (Å²) < 4.78 is 5.41. The Morgan fingerprint density at radius 3 is 2.70 bits per heavy atom. The lowest BCUT2D eigenvalue weighted by molar-refractivity contribution is 0.416. The van der Waals surface area contributed by atoms with E-state index in [-0.39, 0.29) is 5.56 Å². The van der Waals surface area contributed by atoms with Gasteiger partial charge in [-0.1, -0.05) is 11.6 Å². The molecule has 0 radical (unpaired) electrons. The lowest BCUT2D eigenvalue weighted by Crippen LogP contribution is -2.16. The second-order valence-electron chi connectivity index (χ2n) is 5.40. The van der Waals surface area contributed by atoms with E-state index in [0.717, 1.165) is 41.2 Å². The molecular weight excluding hydrogens is 252 g/mol. The number of ether oxygens (including phenoxy) is 1. The molecule has 1 aromatic heterocycles. The smallest absolute Gasteiger partial charge is 0.254 e. The first-order valence-corrected chi connectivity index (χ1v) is 6.86. The fourth-order valence-electron chi connectivity index (χ4n) is 2.37. The van der Waals surface area contributed by atoms with Crippen molar-refractivity contribution in [2.75, 3.05) is 7.11 Å². The third-order valence-electron chi connectivity index (χ3n) is 3.74. The summed E-state index contributed by atoms with van der Waals surface area (Å²) >= 11 is 0. The molecule has 1 aromatic carbocycles. The summed E-state index contributed by atoms with van der Waals surface area (Å²) in [6, 6.07) is 5.93. The minimum absolute atomic E-state index is 0.0551. The molecule has 2 aromatic rings. The Labute approximate surface area is 117 Å². The maximum absolute atomic E-state index is 12.1. The molecule has 1 aliphatic carbocycles. The Kier molecular flexibility index (Phi) is 3.08. The average Bonchev–Trinajstić information content (AvgIpc) is 3.26. The molecule has 1 saturated carbocycles. The highest BCUT2D eigenvalue weighted by Gasteiger charge is 2.27. The van der Waals surface area contributed by atoms with Gasteiger partial charge in [-0.3, -0.25) is 4.79 Å². The van der Waals surface area contributed by atoms with Crippen molar-refractivity contribution in [1.82, 2.24) is 9.97 Å². The molecule has 20 heavy (non-hydrogen) atoms. The van der Waals surface area contributed by atoms with E-state index < -0.39 is 0 Å². The molecule has 1 aliphatic rings. The summed E-state index contributed by atoms with van der Waals surface area (Å²) in [7, 11) is 1.64. The first-order valence-electron chi connectivity index (χ1n) is 6.86. The SMILES string of the molecule is COc1ccc(C)cc1-c1nc(C2CC2)[nH]c(=O)c1C. The van der Waals surface area contributed by atoms with E-state index in [4.69, 9.17) is 4.74 Å². The van der Waals surface area contributed by atoms with E-state index in [9.17, 15) is 4.79 Å². The molecule has 0 aliphatic heterocycles. The predicted octanol–water partition coefficient (Wildman–Crippen LogP) is 2.94. The van der Waals surface area contributed by atoms with E-state index in [0.29, 0.717) is 11.5 Å². The number of nitrogens with zero attached hydrogens (tertiary/aromatic N) is 1. The second kappa shape index (κ2) is 4.78. The molecule has 1 N–H and O–H groups in total. The van der Waals surface area contributed by atoms with E-state index >= 15 is 0 Å². The highest BCUT2D eigenvalue weighted by molar-refractivity contribution is 5.70. The van der Waals surface area contributed by atoms with Gasteiger partial charge < -0.3 is 9.72 Å². The molecule has 4 heteroatoms. The monoisotopic (exact) mass is 270 g/mol. The van der Waals surface area contributed by atoms with Crippen LogP contribution in [0.2, 0.25) is 0 Å². The second-order valence-corrected chi connectivity index (χ2v) is 5.40. The van der Waals surface area contributed by atoms with E-state index in [1.807, 2.05) is 25.1 Å². The number of hydrogen-bond acceptors (Lipinski definition) is 3. The van der Waals surface area contributed by atoms with Gasteiger partial charge >= 0.3 is 0 Å². The van der Waals surface area contributed by atoms with Crippen LogP contribution in [0, 0.1) is 13.8 Å². The van der Waals surface area contributed by atoms with Gasteiger partial charge in [0, 0.05) is 17.0 Å². The van der Waals surface area contributed by atoms with Crippen molar-refractivity contribution >= 4 is 0 Å². The fourth-order valence-corrected chi connectivity index (χ4v) is 2.37. The Bertz CT molecular complexity index is 715. The number of aryl methyl sites for hydroxylation is 1. The maximum atomic E-state index is 12.1. The van der Waals surface area contributed by atoms with Crippen LogP contribution in [0.1, 0.15) is 35.7 Å². The molecule has 1 fully saturated rings. The zero-order chi connectivity index (χ0) is 14.3. The third kappa shape index (κ3) is 2.22. The topological polar surface area (TPSA) is 55.0 Å². The largest absolute Gasteiger partial charge is 0.496 e. The molecule has 0 bridgehead atoms. The van der Waals surface area contributed by atoms with Crippen LogP contribution in [0.3, 0.4) is 0 Å². The van der Waals surface area contributed by atoms with E-state index in [2.05, 4.69) is 9.97 Å². The van der Waals surface area contributed by atoms with Crippen molar-refractivity contribution in [1.29, 1.82) is 0 Å². The fraction of sp³-hybridized carbons (Fsp3) is 0.375. The van der Waals surface area contributed by atoms with Crippen molar-refractivity contribution in [3.8, 4) is 17.0 Å². The summed E-state index contributed by atoms with van der Waals surface area (Å²) in [5.74, 6) is 1.97. The first kappa shape index (κ1) is 12.9. The molecule has 1 heterocycles. The lowest BCUT2D eigenvalue weighted by atomic mass is 10.0. The quantitative estimate of drug-likeness (QED) is 0.933. The van der Waals surface area contributed by atoms with Crippen LogP contribution < -0.4 is 10.3 Å². The minimum atomic E-state index is -0.0551. The molecule has 0 unspecified atom stereocenters. The van der Waals surface area contributed by atoms with Gasteiger partial charge in [0.25, 0.3) is 5.56 Å². The summed E-state index contributed by atoms with van der Waals surface area (Å²) in [5.41, 5.74) is 3.32. The van der Waals surface area contributed by atoms with E-state index in [1.54, 1.807) is 14.0 Å². The number of rotatable bonds is 3. The van der Waals surface area contributed by atoms with Gasteiger partial charge in [-0.15, -0.1) is 0 Å². The van der Waals surface area contributed by atoms with Crippen molar-refractivity contribution in [2.24, 2.45) is 0 Å². The van der Waals surface area contributed by atoms with Crippen LogP contribution in [0.15, 0.2) is 23.0 Å². The number of aromatic amines is 1. The number of nitrogens with one attached hydrogen (secondary N) is 1. The van der Waals surface area contributed by atoms with Gasteiger partial charge in [0.15, 0.2) is 0 Å². The van der Waals surface area contributed by atoms with Crippen molar-refractivity contribution in [3.05, 3.63) is 45.5 Å². The van der Waals surface area contributed by atoms with Gasteiger partial charge in [0.1, 0.15) is 11.6 Å². The van der Waals surface area contributed by atoms with Crippen LogP contribution >= 0.6 is 0 Å². The Morgan fingerprint density at radius 1 is 1.30 bits per heavy atom. The van der Waals surface area contributed by atoms with Gasteiger partial charge in [0.2, 0.25) is 0 Å². The summed E-state index contributed by atoms with van der Waals surface area (Å²) in [5, 5.41) is 0. The van der Waals surface area contributed by atoms with Gasteiger partial charge in [0.05, 0.1) is 12.8 Å². The van der Waals surface area contributed by atoms with Crippen molar-refractivity contribution in [3.63, 3.8) is 0 Å². The third-order valence-corrected chi connectivity index (χ3v) is 3.74. The van der Waals surface area contributed by atoms with Gasteiger partial charge in [-0.25, -0.2) is 4.98 Å². The minimum Gasteiger partial charge on any atom is -0.496 e. The van der Waals surface area contributed by atoms with Crippen LogP contribution in [0.25, 0.3) is 11.3 Å². The molecule has 0 amide bonds. The molecule has 0 atom stereocenters. The number of hydrogen-bond donors (Lipinski definition) is 1. The predicted molar refractivity (Wildman–Crippen MR) is 78.3 cm³/mol. The van der Waals surface area contributed by atoms with Crippen LogP contribution in [-0.4, -0.2) is 17.1 Å². The average molecular weight is 270 g/mol. The van der Waals surface area contributed by atoms with Crippen LogP contribution in [0.5, 0.6) is 5.75 Å². The zero-order valence-corrected chi connectivity index (χ0v) is 12.0. The standard InChI is InChI=1S/C16H18N2O2/c1-9-4-7-13(20-3)12(8-9)14-10(2)16(19)18-15(17-14)11-5-6-11/h4,7-8,11H,5-6H2,1-3H3,(H,17,18,19). The Morgan fingerprint density at radius 2 is 2.05 bits per heavy atom. The first-order chi connectivity index (χ1) is 9.60. The number of H-pyrrole nitrogens is 1.